The van der Waals surface area contributed by atoms with Gasteiger partial charge in [0.15, 0.2) is 5.78 Å². The molecule has 5 nitrogen and oxygen atoms in total. The van der Waals surface area contributed by atoms with Crippen molar-refractivity contribution in [1.29, 1.82) is 0 Å². The first-order valence-electron chi connectivity index (χ1n) is 5.44. The fourth-order valence-electron chi connectivity index (χ4n) is 1.39. The minimum absolute atomic E-state index is 0.0461. The van der Waals surface area contributed by atoms with Crippen molar-refractivity contribution < 1.29 is 19.4 Å². The number of rotatable bonds is 8. The van der Waals surface area contributed by atoms with E-state index < -0.39 is 17.8 Å². The first-order valence-corrected chi connectivity index (χ1v) is 5.44. The van der Waals surface area contributed by atoms with Gasteiger partial charge >= 0.3 is 5.97 Å². The number of aliphatic carboxylic acids is 1. The van der Waals surface area contributed by atoms with E-state index in [-0.39, 0.29) is 12.2 Å². The van der Waals surface area contributed by atoms with Crippen molar-refractivity contribution >= 4 is 11.8 Å². The number of hydrogen-bond donors (Lipinski definition) is 2. The molecule has 0 aromatic heterocycles. The van der Waals surface area contributed by atoms with Crippen LogP contribution in [-0.4, -0.2) is 28.7 Å². The van der Waals surface area contributed by atoms with Crippen LogP contribution in [0.3, 0.4) is 0 Å². The molecule has 0 aliphatic rings. The number of ketones is 1. The van der Waals surface area contributed by atoms with Gasteiger partial charge in [-0.1, -0.05) is 0 Å². The molecule has 0 saturated carbocycles. The molecule has 0 aromatic rings. The molecule has 0 aromatic carbocycles. The summed E-state index contributed by atoms with van der Waals surface area (Å²) in [7, 11) is 0. The average molecular weight is 231 g/mol. The lowest BCUT2D eigenvalue weighted by Crippen LogP contribution is -2.40. The van der Waals surface area contributed by atoms with Gasteiger partial charge in [0.2, 0.25) is 0 Å². The number of unbranched alkanes of at least 4 members (excludes halogenated alkanes) is 1. The minimum atomic E-state index is -0.891. The Labute approximate surface area is 96.0 Å². The Bertz CT molecular complexity index is 248. The number of Topliss-reactive ketones (excluding diaryl/α,β-unsaturated/α-hetero) is 1. The van der Waals surface area contributed by atoms with Gasteiger partial charge in [0, 0.05) is 12.8 Å². The number of carboxylic acid groups (broad SMARTS) is 1. The summed E-state index contributed by atoms with van der Waals surface area (Å²) >= 11 is 0. The second-order valence-corrected chi connectivity index (χ2v) is 4.36. The number of carbonyl (C=O) groups excluding carboxylic acids is 1. The number of hydrogen-bond acceptors (Lipinski definition) is 4. The summed E-state index contributed by atoms with van der Waals surface area (Å²) in [6.45, 7) is 5.02. The molecule has 5 heteroatoms. The van der Waals surface area contributed by atoms with E-state index >= 15 is 0 Å². The van der Waals surface area contributed by atoms with Crippen LogP contribution >= 0.6 is 0 Å². The highest BCUT2D eigenvalue weighted by molar-refractivity contribution is 5.86. The predicted molar refractivity (Wildman–Crippen MR) is 59.9 cm³/mol. The van der Waals surface area contributed by atoms with Crippen molar-refractivity contribution in [2.24, 2.45) is 5.73 Å². The third-order valence-corrected chi connectivity index (χ3v) is 2.20. The van der Waals surface area contributed by atoms with Crippen molar-refractivity contribution in [3.05, 3.63) is 0 Å². The van der Waals surface area contributed by atoms with Crippen molar-refractivity contribution in [1.82, 2.24) is 0 Å². The fourth-order valence-corrected chi connectivity index (χ4v) is 1.39. The van der Waals surface area contributed by atoms with Crippen molar-refractivity contribution in [3.63, 3.8) is 0 Å². The lowest BCUT2D eigenvalue weighted by Gasteiger charge is -2.26. The van der Waals surface area contributed by atoms with Gasteiger partial charge < -0.3 is 15.6 Å². The molecule has 0 aliphatic carbocycles. The van der Waals surface area contributed by atoms with Crippen LogP contribution in [0.25, 0.3) is 0 Å². The average Bonchev–Trinajstić information content (AvgIpc) is 2.09. The summed E-state index contributed by atoms with van der Waals surface area (Å²) in [4.78, 5) is 22.0. The molecule has 16 heavy (non-hydrogen) atoms. The van der Waals surface area contributed by atoms with Gasteiger partial charge in [0.1, 0.15) is 11.8 Å². The zero-order valence-corrected chi connectivity index (χ0v) is 10.2. The van der Waals surface area contributed by atoms with E-state index in [1.807, 2.05) is 0 Å². The molecular weight excluding hydrogens is 210 g/mol. The molecule has 0 bridgehead atoms. The van der Waals surface area contributed by atoms with E-state index in [0.29, 0.717) is 19.3 Å². The number of nitrogens with two attached hydrogens (primary N) is 1. The lowest BCUT2D eigenvalue weighted by atomic mass is 9.98. The van der Waals surface area contributed by atoms with Crippen LogP contribution in [0.2, 0.25) is 0 Å². The van der Waals surface area contributed by atoms with E-state index in [1.54, 1.807) is 20.8 Å². The van der Waals surface area contributed by atoms with Crippen LogP contribution in [0.1, 0.15) is 46.5 Å². The standard InChI is InChI=1S/C11H21NO4/c1-8(12)16-11(2,3)9(13)6-4-5-7-10(14)15/h8H,4-7,12H2,1-3H3,(H,14,15). The largest absolute Gasteiger partial charge is 0.481 e. The fraction of sp³-hybridized carbons (Fsp3) is 0.818. The Hall–Kier alpha value is -0.940. The zero-order valence-electron chi connectivity index (χ0n) is 10.2. The molecule has 1 atom stereocenters. The highest BCUT2D eigenvalue weighted by atomic mass is 16.5. The highest BCUT2D eigenvalue weighted by Crippen LogP contribution is 2.16. The third kappa shape index (κ3) is 6.53. The maximum absolute atomic E-state index is 11.7. The molecule has 0 amide bonds. The molecule has 0 heterocycles. The highest BCUT2D eigenvalue weighted by Gasteiger charge is 2.28. The summed E-state index contributed by atoms with van der Waals surface area (Å²) in [6.07, 6.45) is 1.01. The summed E-state index contributed by atoms with van der Waals surface area (Å²) in [5, 5.41) is 8.43. The smallest absolute Gasteiger partial charge is 0.303 e. The van der Waals surface area contributed by atoms with Gasteiger partial charge in [0.05, 0.1) is 0 Å². The van der Waals surface area contributed by atoms with Gasteiger partial charge in [-0.25, -0.2) is 0 Å². The summed E-state index contributed by atoms with van der Waals surface area (Å²) in [5.41, 5.74) is 4.57. The Kier molecular flexibility index (Phi) is 6.21. The van der Waals surface area contributed by atoms with Gasteiger partial charge in [-0.2, -0.15) is 0 Å². The summed E-state index contributed by atoms with van der Waals surface area (Å²) in [5.74, 6) is -0.881. The number of carboxylic acids is 1. The molecule has 1 unspecified atom stereocenters. The predicted octanol–water partition coefficient (Wildman–Crippen LogP) is 1.30. The van der Waals surface area contributed by atoms with Crippen molar-refractivity contribution in [2.45, 2.75) is 58.3 Å². The monoisotopic (exact) mass is 231 g/mol. The summed E-state index contributed by atoms with van der Waals surface area (Å²) < 4.78 is 5.29. The van der Waals surface area contributed by atoms with Crippen LogP contribution in [0.4, 0.5) is 0 Å². The molecule has 94 valence electrons. The second kappa shape index (κ2) is 6.60. The van der Waals surface area contributed by atoms with Crippen LogP contribution in [0.15, 0.2) is 0 Å². The Morgan fingerprint density at radius 2 is 1.81 bits per heavy atom. The van der Waals surface area contributed by atoms with E-state index in [2.05, 4.69) is 0 Å². The molecule has 0 spiro atoms. The van der Waals surface area contributed by atoms with Crippen LogP contribution in [0.5, 0.6) is 0 Å². The quantitative estimate of drug-likeness (QED) is 0.485. The van der Waals surface area contributed by atoms with Crippen LogP contribution in [-0.2, 0) is 14.3 Å². The molecule has 0 radical (unpaired) electrons. The van der Waals surface area contributed by atoms with Gasteiger partial charge in [-0.05, 0) is 33.6 Å². The van der Waals surface area contributed by atoms with E-state index in [4.69, 9.17) is 15.6 Å². The first kappa shape index (κ1) is 15.1. The third-order valence-electron chi connectivity index (χ3n) is 2.20. The van der Waals surface area contributed by atoms with E-state index in [9.17, 15) is 9.59 Å². The summed E-state index contributed by atoms with van der Waals surface area (Å²) in [6, 6.07) is 0. The Morgan fingerprint density at radius 1 is 1.31 bits per heavy atom. The van der Waals surface area contributed by atoms with Gasteiger partial charge in [-0.15, -0.1) is 0 Å². The van der Waals surface area contributed by atoms with Gasteiger partial charge in [-0.3, -0.25) is 9.59 Å². The normalized spacial score (nSPS) is 13.5. The maximum atomic E-state index is 11.7. The number of ether oxygens (including phenoxy) is 1. The first-order chi connectivity index (χ1) is 7.25. The zero-order chi connectivity index (χ0) is 12.8. The lowest BCUT2D eigenvalue weighted by molar-refractivity contribution is -0.146. The molecule has 0 fully saturated rings. The molecule has 0 rings (SSSR count). The van der Waals surface area contributed by atoms with Crippen LogP contribution in [0, 0.1) is 0 Å². The van der Waals surface area contributed by atoms with Crippen LogP contribution < -0.4 is 5.73 Å². The number of carbonyl (C=O) groups is 2. The molecule has 3 N–H and O–H groups in total. The Morgan fingerprint density at radius 3 is 2.25 bits per heavy atom. The molecule has 0 aliphatic heterocycles. The van der Waals surface area contributed by atoms with Gasteiger partial charge in [0.25, 0.3) is 0 Å². The molecular formula is C11H21NO4. The molecule has 0 saturated heterocycles. The Balaban J connectivity index is 3.91. The topological polar surface area (TPSA) is 89.6 Å². The second-order valence-electron chi connectivity index (χ2n) is 4.36. The minimum Gasteiger partial charge on any atom is -0.481 e. The van der Waals surface area contributed by atoms with E-state index in [1.165, 1.54) is 0 Å². The maximum Gasteiger partial charge on any atom is 0.303 e. The van der Waals surface area contributed by atoms with E-state index in [0.717, 1.165) is 0 Å². The SMILES string of the molecule is CC(N)OC(C)(C)C(=O)CCCCC(=O)O. The van der Waals surface area contributed by atoms with Crippen molar-refractivity contribution in [2.75, 3.05) is 0 Å². The van der Waals surface area contributed by atoms with Crippen molar-refractivity contribution in [3.8, 4) is 0 Å².